The van der Waals surface area contributed by atoms with Gasteiger partial charge in [-0.05, 0) is 62.1 Å². The Labute approximate surface area is 164 Å². The van der Waals surface area contributed by atoms with E-state index >= 15 is 0 Å². The van der Waals surface area contributed by atoms with Crippen molar-refractivity contribution in [1.29, 1.82) is 0 Å². The van der Waals surface area contributed by atoms with Crippen molar-refractivity contribution in [2.24, 2.45) is 5.92 Å². The second-order valence-electron chi connectivity index (χ2n) is 8.47. The minimum Gasteiger partial charge on any atom is -0.334 e. The van der Waals surface area contributed by atoms with Crippen LogP contribution in [0.15, 0.2) is 24.3 Å². The number of carbonyl (C=O) groups excluding carboxylic acids is 3. The van der Waals surface area contributed by atoms with E-state index in [1.807, 2.05) is 0 Å². The predicted octanol–water partition coefficient (Wildman–Crippen LogP) is 2.82. The van der Waals surface area contributed by atoms with Crippen LogP contribution < -0.4 is 5.32 Å². The van der Waals surface area contributed by atoms with Gasteiger partial charge in [-0.1, -0.05) is 19.1 Å². The van der Waals surface area contributed by atoms with E-state index < -0.39 is 11.6 Å². The number of carbonyl (C=O) groups is 3. The summed E-state index contributed by atoms with van der Waals surface area (Å²) in [6.07, 6.45) is 4.81. The highest BCUT2D eigenvalue weighted by atomic mass is 19.1. The Morgan fingerprint density at radius 1 is 1.25 bits per heavy atom. The Morgan fingerprint density at radius 2 is 1.96 bits per heavy atom. The lowest BCUT2D eigenvalue weighted by Crippen LogP contribution is -2.50. The number of imide groups is 1. The summed E-state index contributed by atoms with van der Waals surface area (Å²) in [6.45, 7) is 2.18. The van der Waals surface area contributed by atoms with Gasteiger partial charge in [0.05, 0.1) is 0 Å². The molecule has 3 fully saturated rings. The van der Waals surface area contributed by atoms with E-state index in [1.165, 1.54) is 12.1 Å². The first kappa shape index (κ1) is 18.9. The number of benzene rings is 1. The monoisotopic (exact) mass is 387 g/mol. The molecule has 4 rings (SSSR count). The molecule has 0 unspecified atom stereocenters. The Kier molecular flexibility index (Phi) is 4.85. The summed E-state index contributed by atoms with van der Waals surface area (Å²) in [5.74, 6) is -0.346. The lowest BCUT2D eigenvalue weighted by atomic mass is 9.77. The maximum atomic E-state index is 13.5. The van der Waals surface area contributed by atoms with Crippen LogP contribution in [0.1, 0.15) is 51.0 Å². The molecule has 2 aliphatic carbocycles. The average molecular weight is 387 g/mol. The van der Waals surface area contributed by atoms with E-state index in [0.717, 1.165) is 30.6 Å². The van der Waals surface area contributed by atoms with E-state index in [4.69, 9.17) is 0 Å². The number of nitrogens with zero attached hydrogens (tertiary/aromatic N) is 2. The van der Waals surface area contributed by atoms with Gasteiger partial charge in [0.15, 0.2) is 0 Å². The van der Waals surface area contributed by atoms with E-state index in [-0.39, 0.29) is 36.8 Å². The standard InChI is InChI=1S/C21H26FN3O3/c1-14-7-9-21(10-8-14)19(27)25(20(28)23-21)13-18(26)24(17-5-6-17)12-15-3-2-4-16(22)11-15/h2-4,11,14,17H,5-10,12-13H2,1H3,(H,23,28). The molecule has 1 saturated heterocycles. The number of amides is 4. The van der Waals surface area contributed by atoms with Crippen LogP contribution in [-0.2, 0) is 16.1 Å². The van der Waals surface area contributed by atoms with Gasteiger partial charge in [-0.15, -0.1) is 0 Å². The van der Waals surface area contributed by atoms with Gasteiger partial charge in [0, 0.05) is 12.6 Å². The summed E-state index contributed by atoms with van der Waals surface area (Å²) in [6, 6.07) is 5.79. The fourth-order valence-electron chi connectivity index (χ4n) is 4.28. The lowest BCUT2D eigenvalue weighted by Gasteiger charge is -2.33. The van der Waals surface area contributed by atoms with Gasteiger partial charge < -0.3 is 10.2 Å². The third kappa shape index (κ3) is 3.62. The molecule has 7 heteroatoms. The van der Waals surface area contributed by atoms with Gasteiger partial charge in [0.25, 0.3) is 5.91 Å². The van der Waals surface area contributed by atoms with E-state index in [1.54, 1.807) is 17.0 Å². The van der Waals surface area contributed by atoms with E-state index in [9.17, 15) is 18.8 Å². The fraction of sp³-hybridized carbons (Fsp3) is 0.571. The molecule has 1 aliphatic heterocycles. The summed E-state index contributed by atoms with van der Waals surface area (Å²) in [5, 5.41) is 2.85. The Balaban J connectivity index is 1.45. The van der Waals surface area contributed by atoms with Gasteiger partial charge >= 0.3 is 6.03 Å². The molecule has 0 bridgehead atoms. The summed E-state index contributed by atoms with van der Waals surface area (Å²) in [7, 11) is 0. The topological polar surface area (TPSA) is 69.7 Å². The fourth-order valence-corrected chi connectivity index (χ4v) is 4.28. The molecule has 1 spiro atoms. The Bertz CT molecular complexity index is 800. The molecule has 1 aromatic carbocycles. The molecule has 1 heterocycles. The van der Waals surface area contributed by atoms with Gasteiger partial charge in [-0.2, -0.15) is 0 Å². The van der Waals surface area contributed by atoms with Crippen LogP contribution in [0.3, 0.4) is 0 Å². The molecule has 150 valence electrons. The van der Waals surface area contributed by atoms with Crippen LogP contribution in [0.25, 0.3) is 0 Å². The molecule has 1 aromatic rings. The van der Waals surface area contributed by atoms with Crippen LogP contribution >= 0.6 is 0 Å². The first-order valence-electron chi connectivity index (χ1n) is 10.1. The maximum absolute atomic E-state index is 13.5. The highest BCUT2D eigenvalue weighted by Gasteiger charge is 2.52. The SMILES string of the molecule is CC1CCC2(CC1)NC(=O)N(CC(=O)N(Cc1cccc(F)c1)C1CC1)C2=O. The summed E-state index contributed by atoms with van der Waals surface area (Å²) < 4.78 is 13.5. The Hall–Kier alpha value is -2.44. The van der Waals surface area contributed by atoms with Crippen molar-refractivity contribution < 1.29 is 18.8 Å². The number of nitrogens with one attached hydrogen (secondary N) is 1. The Morgan fingerprint density at radius 3 is 2.61 bits per heavy atom. The zero-order valence-electron chi connectivity index (χ0n) is 16.1. The van der Waals surface area contributed by atoms with Crippen LogP contribution in [-0.4, -0.2) is 45.8 Å². The summed E-state index contributed by atoms with van der Waals surface area (Å²) in [4.78, 5) is 41.1. The molecule has 1 N–H and O–H groups in total. The third-order valence-electron chi connectivity index (χ3n) is 6.22. The molecule has 3 aliphatic rings. The van der Waals surface area contributed by atoms with Gasteiger partial charge in [-0.3, -0.25) is 14.5 Å². The first-order chi connectivity index (χ1) is 13.4. The second-order valence-corrected chi connectivity index (χ2v) is 8.47. The van der Waals surface area contributed by atoms with Crippen LogP contribution in [0.2, 0.25) is 0 Å². The normalized spacial score (nSPS) is 27.2. The molecule has 28 heavy (non-hydrogen) atoms. The molecule has 2 saturated carbocycles. The van der Waals surface area contributed by atoms with Crippen molar-refractivity contribution >= 4 is 17.8 Å². The molecule has 6 nitrogen and oxygen atoms in total. The number of urea groups is 1. The zero-order chi connectivity index (χ0) is 19.9. The maximum Gasteiger partial charge on any atom is 0.325 e. The summed E-state index contributed by atoms with van der Waals surface area (Å²) in [5.41, 5.74) is -0.133. The summed E-state index contributed by atoms with van der Waals surface area (Å²) >= 11 is 0. The van der Waals surface area contributed by atoms with Gasteiger partial charge in [-0.25, -0.2) is 9.18 Å². The van der Waals surface area contributed by atoms with E-state index in [2.05, 4.69) is 12.2 Å². The molecular formula is C21H26FN3O3. The van der Waals surface area contributed by atoms with Crippen molar-refractivity contribution in [2.45, 2.75) is 63.6 Å². The van der Waals surface area contributed by atoms with Gasteiger partial charge in [0.1, 0.15) is 17.9 Å². The molecular weight excluding hydrogens is 361 g/mol. The average Bonchev–Trinajstić information content (AvgIpc) is 3.47. The van der Waals surface area contributed by atoms with Crippen molar-refractivity contribution in [2.75, 3.05) is 6.54 Å². The largest absolute Gasteiger partial charge is 0.334 e. The highest BCUT2D eigenvalue weighted by Crippen LogP contribution is 2.36. The van der Waals surface area contributed by atoms with Crippen LogP contribution in [0.4, 0.5) is 9.18 Å². The van der Waals surface area contributed by atoms with Gasteiger partial charge in [0.2, 0.25) is 5.91 Å². The third-order valence-corrected chi connectivity index (χ3v) is 6.22. The highest BCUT2D eigenvalue weighted by molar-refractivity contribution is 6.09. The van der Waals surface area contributed by atoms with Crippen molar-refractivity contribution in [3.8, 4) is 0 Å². The molecule has 0 radical (unpaired) electrons. The molecule has 4 amide bonds. The smallest absolute Gasteiger partial charge is 0.325 e. The number of rotatable bonds is 5. The molecule has 0 atom stereocenters. The van der Waals surface area contributed by atoms with Crippen LogP contribution in [0, 0.1) is 11.7 Å². The minimum absolute atomic E-state index is 0.0982. The van der Waals surface area contributed by atoms with Crippen molar-refractivity contribution in [1.82, 2.24) is 15.1 Å². The van der Waals surface area contributed by atoms with E-state index in [0.29, 0.717) is 24.3 Å². The number of hydrogen-bond donors (Lipinski definition) is 1. The second kappa shape index (κ2) is 7.18. The predicted molar refractivity (Wildman–Crippen MR) is 101 cm³/mol. The number of halogens is 1. The van der Waals surface area contributed by atoms with Crippen LogP contribution in [0.5, 0.6) is 0 Å². The lowest BCUT2D eigenvalue weighted by molar-refractivity contribution is -0.140. The minimum atomic E-state index is -0.836. The first-order valence-corrected chi connectivity index (χ1v) is 10.1. The zero-order valence-corrected chi connectivity index (χ0v) is 16.1. The van der Waals surface area contributed by atoms with Crippen molar-refractivity contribution in [3.05, 3.63) is 35.6 Å². The number of hydrogen-bond acceptors (Lipinski definition) is 3. The van der Waals surface area contributed by atoms with Crippen molar-refractivity contribution in [3.63, 3.8) is 0 Å². The molecule has 0 aromatic heterocycles. The quantitative estimate of drug-likeness (QED) is 0.790.